The Kier molecular flexibility index (Phi) is 6.73. The van der Waals surface area contributed by atoms with Crippen LogP contribution in [0.5, 0.6) is 11.5 Å². The van der Waals surface area contributed by atoms with E-state index in [0.29, 0.717) is 22.9 Å². The molecule has 1 aliphatic rings. The van der Waals surface area contributed by atoms with Crippen LogP contribution >= 0.6 is 0 Å². The fraction of sp³-hybridized carbons (Fsp3) is 0.185. The Hall–Kier alpha value is -4.66. The summed E-state index contributed by atoms with van der Waals surface area (Å²) in [5.74, 6) is -1.48. The monoisotopic (exact) mass is 488 g/mol. The SMILES string of the molecule is COc1ccc(OC)c(NC(=O)COC(=O)c2ccc3c(c2)C(=O)N(c2cc(C)ccc2C)C3=O)c1. The number of aryl methyl sites for hydroxylation is 2. The maximum absolute atomic E-state index is 13.1. The van der Waals surface area contributed by atoms with Crippen LogP contribution in [0.2, 0.25) is 0 Å². The summed E-state index contributed by atoms with van der Waals surface area (Å²) in [4.78, 5) is 52.1. The van der Waals surface area contributed by atoms with E-state index in [4.69, 9.17) is 14.2 Å². The number of esters is 1. The molecular formula is C27H24N2O7. The molecule has 0 atom stereocenters. The van der Waals surface area contributed by atoms with E-state index in [0.717, 1.165) is 16.0 Å². The summed E-state index contributed by atoms with van der Waals surface area (Å²) in [7, 11) is 2.95. The lowest BCUT2D eigenvalue weighted by Gasteiger charge is -2.17. The molecule has 0 aromatic heterocycles. The number of benzene rings is 3. The van der Waals surface area contributed by atoms with Crippen LogP contribution in [0.4, 0.5) is 11.4 Å². The van der Waals surface area contributed by atoms with Crippen LogP contribution in [0, 0.1) is 13.8 Å². The molecule has 3 aromatic carbocycles. The highest BCUT2D eigenvalue weighted by molar-refractivity contribution is 6.35. The van der Waals surface area contributed by atoms with Gasteiger partial charge in [0.1, 0.15) is 11.5 Å². The third-order valence-corrected chi connectivity index (χ3v) is 5.74. The van der Waals surface area contributed by atoms with E-state index in [-0.39, 0.29) is 16.7 Å². The topological polar surface area (TPSA) is 111 Å². The quantitative estimate of drug-likeness (QED) is 0.396. The van der Waals surface area contributed by atoms with Crippen LogP contribution in [-0.2, 0) is 9.53 Å². The molecule has 184 valence electrons. The Morgan fingerprint density at radius 3 is 2.33 bits per heavy atom. The molecule has 9 nitrogen and oxygen atoms in total. The second kappa shape index (κ2) is 9.91. The van der Waals surface area contributed by atoms with Gasteiger partial charge in [0.15, 0.2) is 6.61 Å². The number of fused-ring (bicyclic) bond motifs is 1. The standard InChI is InChI=1S/C27H24N2O7/c1-15-5-6-16(2)22(11-15)29-25(31)19-9-7-17(12-20(19)26(29)32)27(33)36-14-24(30)28-21-13-18(34-3)8-10-23(21)35-4/h5-13H,14H2,1-4H3,(H,28,30). The molecule has 1 N–H and O–H groups in total. The van der Waals surface area contributed by atoms with Crippen molar-refractivity contribution >= 4 is 35.1 Å². The second-order valence-corrected chi connectivity index (χ2v) is 8.19. The van der Waals surface area contributed by atoms with Crippen LogP contribution < -0.4 is 19.7 Å². The van der Waals surface area contributed by atoms with Crippen molar-refractivity contribution in [3.8, 4) is 11.5 Å². The number of ether oxygens (including phenoxy) is 3. The first-order valence-electron chi connectivity index (χ1n) is 11.0. The number of imide groups is 1. The molecule has 4 rings (SSSR count). The molecule has 36 heavy (non-hydrogen) atoms. The van der Waals surface area contributed by atoms with Crippen molar-refractivity contribution in [3.05, 3.63) is 82.4 Å². The maximum Gasteiger partial charge on any atom is 0.338 e. The minimum absolute atomic E-state index is 0.0458. The summed E-state index contributed by atoms with van der Waals surface area (Å²) >= 11 is 0. The third kappa shape index (κ3) is 4.63. The van der Waals surface area contributed by atoms with E-state index in [1.165, 1.54) is 32.4 Å². The zero-order valence-corrected chi connectivity index (χ0v) is 20.2. The molecule has 3 amide bonds. The summed E-state index contributed by atoms with van der Waals surface area (Å²) in [6.07, 6.45) is 0. The van der Waals surface area contributed by atoms with Crippen molar-refractivity contribution in [1.29, 1.82) is 0 Å². The first kappa shape index (κ1) is 24.5. The lowest BCUT2D eigenvalue weighted by molar-refractivity contribution is -0.119. The predicted molar refractivity (Wildman–Crippen MR) is 132 cm³/mol. The molecule has 1 aliphatic heterocycles. The number of hydrogen-bond donors (Lipinski definition) is 1. The highest BCUT2D eigenvalue weighted by Crippen LogP contribution is 2.32. The summed E-state index contributed by atoms with van der Waals surface area (Å²) in [6, 6.07) is 14.5. The van der Waals surface area contributed by atoms with Crippen molar-refractivity contribution in [3.63, 3.8) is 0 Å². The lowest BCUT2D eigenvalue weighted by atomic mass is 10.1. The Balaban J connectivity index is 1.47. The molecule has 0 radical (unpaired) electrons. The normalized spacial score (nSPS) is 12.3. The van der Waals surface area contributed by atoms with Gasteiger partial charge in [0.05, 0.1) is 42.3 Å². The van der Waals surface area contributed by atoms with Crippen molar-refractivity contribution in [2.45, 2.75) is 13.8 Å². The van der Waals surface area contributed by atoms with E-state index < -0.39 is 30.3 Å². The van der Waals surface area contributed by atoms with Crippen LogP contribution in [0.15, 0.2) is 54.6 Å². The molecule has 0 saturated heterocycles. The van der Waals surface area contributed by atoms with Gasteiger partial charge in [0.25, 0.3) is 17.7 Å². The molecule has 0 spiro atoms. The van der Waals surface area contributed by atoms with E-state index in [9.17, 15) is 19.2 Å². The molecule has 0 fully saturated rings. The van der Waals surface area contributed by atoms with Crippen molar-refractivity contribution in [2.24, 2.45) is 0 Å². The number of hydrogen-bond acceptors (Lipinski definition) is 7. The summed E-state index contributed by atoms with van der Waals surface area (Å²) in [5, 5.41) is 2.60. The number of nitrogens with zero attached hydrogens (tertiary/aromatic N) is 1. The van der Waals surface area contributed by atoms with E-state index >= 15 is 0 Å². The number of amides is 3. The van der Waals surface area contributed by atoms with Crippen molar-refractivity contribution in [2.75, 3.05) is 31.0 Å². The van der Waals surface area contributed by atoms with Gasteiger partial charge in [-0.15, -0.1) is 0 Å². The van der Waals surface area contributed by atoms with E-state index in [2.05, 4.69) is 5.32 Å². The van der Waals surface area contributed by atoms with E-state index in [1.54, 1.807) is 24.3 Å². The number of nitrogens with one attached hydrogen (secondary N) is 1. The minimum atomic E-state index is -0.809. The zero-order chi connectivity index (χ0) is 26.0. The van der Waals surface area contributed by atoms with Crippen LogP contribution in [0.25, 0.3) is 0 Å². The molecule has 9 heteroatoms. The van der Waals surface area contributed by atoms with Gasteiger partial charge in [-0.1, -0.05) is 12.1 Å². The molecular weight excluding hydrogens is 464 g/mol. The fourth-order valence-corrected chi connectivity index (χ4v) is 3.86. The molecule has 0 saturated carbocycles. The largest absolute Gasteiger partial charge is 0.497 e. The highest BCUT2D eigenvalue weighted by atomic mass is 16.5. The highest BCUT2D eigenvalue weighted by Gasteiger charge is 2.38. The van der Waals surface area contributed by atoms with Gasteiger partial charge in [-0.3, -0.25) is 14.4 Å². The van der Waals surface area contributed by atoms with Gasteiger partial charge < -0.3 is 19.5 Å². The minimum Gasteiger partial charge on any atom is -0.497 e. The molecule has 0 bridgehead atoms. The van der Waals surface area contributed by atoms with Crippen LogP contribution in [0.1, 0.15) is 42.2 Å². The smallest absolute Gasteiger partial charge is 0.338 e. The fourth-order valence-electron chi connectivity index (χ4n) is 3.86. The van der Waals surface area contributed by atoms with Gasteiger partial charge >= 0.3 is 5.97 Å². The summed E-state index contributed by atoms with van der Waals surface area (Å²) in [5.41, 5.74) is 2.86. The number of anilines is 2. The molecule has 3 aromatic rings. The molecule has 1 heterocycles. The Morgan fingerprint density at radius 2 is 1.61 bits per heavy atom. The first-order valence-corrected chi connectivity index (χ1v) is 11.0. The molecule has 0 aliphatic carbocycles. The first-order chi connectivity index (χ1) is 17.2. The van der Waals surface area contributed by atoms with Crippen LogP contribution in [0.3, 0.4) is 0 Å². The van der Waals surface area contributed by atoms with E-state index in [1.807, 2.05) is 26.0 Å². The Bertz CT molecular complexity index is 1400. The summed E-state index contributed by atoms with van der Waals surface area (Å²) < 4.78 is 15.5. The third-order valence-electron chi connectivity index (χ3n) is 5.74. The van der Waals surface area contributed by atoms with Gasteiger partial charge in [0.2, 0.25) is 0 Å². The average Bonchev–Trinajstić information content (AvgIpc) is 3.13. The number of rotatable bonds is 7. The van der Waals surface area contributed by atoms with Crippen molar-refractivity contribution < 1.29 is 33.4 Å². The average molecular weight is 488 g/mol. The summed E-state index contributed by atoms with van der Waals surface area (Å²) in [6.45, 7) is 3.11. The van der Waals surface area contributed by atoms with Gasteiger partial charge in [-0.2, -0.15) is 0 Å². The molecule has 0 unspecified atom stereocenters. The van der Waals surface area contributed by atoms with Gasteiger partial charge in [0, 0.05) is 6.07 Å². The van der Waals surface area contributed by atoms with Gasteiger partial charge in [-0.05, 0) is 61.4 Å². The van der Waals surface area contributed by atoms with Crippen LogP contribution in [-0.4, -0.2) is 44.5 Å². The van der Waals surface area contributed by atoms with Gasteiger partial charge in [-0.25, -0.2) is 9.69 Å². The predicted octanol–water partition coefficient (Wildman–Crippen LogP) is 3.92. The zero-order valence-electron chi connectivity index (χ0n) is 20.2. The second-order valence-electron chi connectivity index (χ2n) is 8.19. The number of carbonyl (C=O) groups is 4. The Labute approximate surface area is 207 Å². The number of carbonyl (C=O) groups excluding carboxylic acids is 4. The maximum atomic E-state index is 13.1. The number of methoxy groups -OCH3 is 2. The van der Waals surface area contributed by atoms with Crippen molar-refractivity contribution in [1.82, 2.24) is 0 Å². The Morgan fingerprint density at radius 1 is 0.861 bits per heavy atom. The lowest BCUT2D eigenvalue weighted by Crippen LogP contribution is -2.30.